The summed E-state index contributed by atoms with van der Waals surface area (Å²) in [5.41, 5.74) is 1.40. The predicted octanol–water partition coefficient (Wildman–Crippen LogP) is 3.09. The van der Waals surface area contributed by atoms with Crippen LogP contribution in [0.15, 0.2) is 54.6 Å². The van der Waals surface area contributed by atoms with Gasteiger partial charge in [-0.2, -0.15) is 0 Å². The molecule has 2 aromatic carbocycles. The number of carbonyl (C=O) groups is 3. The minimum Gasteiger partial charge on any atom is -0.394 e. The maximum absolute atomic E-state index is 14.1. The Bertz CT molecular complexity index is 1190. The van der Waals surface area contributed by atoms with E-state index < -0.39 is 28.7 Å². The van der Waals surface area contributed by atoms with Gasteiger partial charge in [0.1, 0.15) is 6.04 Å². The molecule has 2 bridgehead atoms. The minimum atomic E-state index is -0.878. The quantitative estimate of drug-likeness (QED) is 0.430. The molecule has 3 N–H and O–H groups in total. The number of thioether (sulfide) groups is 1. The average Bonchev–Trinajstić information content (AvgIpc) is 3.47. The number of carbonyl (C=O) groups excluding carboxylic acids is 3. The van der Waals surface area contributed by atoms with Gasteiger partial charge in [-0.3, -0.25) is 14.4 Å². The zero-order chi connectivity index (χ0) is 25.6. The molecule has 7 atom stereocenters. The van der Waals surface area contributed by atoms with Crippen LogP contribution in [0.1, 0.15) is 12.0 Å². The van der Waals surface area contributed by atoms with E-state index in [9.17, 15) is 19.5 Å². The number of amides is 3. The van der Waals surface area contributed by atoms with Gasteiger partial charge in [-0.15, -0.1) is 11.8 Å². The first-order valence-electron chi connectivity index (χ1n) is 11.9. The normalized spacial score (nSPS) is 31.3. The van der Waals surface area contributed by atoms with Crippen LogP contribution in [-0.4, -0.2) is 68.3 Å². The summed E-state index contributed by atoms with van der Waals surface area (Å²) in [5, 5.41) is 16.4. The third-order valence-electron chi connectivity index (χ3n) is 7.57. The number of anilines is 1. The molecule has 7 nitrogen and oxygen atoms in total. The molecule has 5 rings (SSSR count). The molecule has 1 spiro atoms. The summed E-state index contributed by atoms with van der Waals surface area (Å²) in [4.78, 5) is 42.7. The number of nitrogens with zero attached hydrogens (tertiary/aromatic N) is 1. The summed E-state index contributed by atoms with van der Waals surface area (Å²) >= 11 is 11.6. The molecule has 3 amide bonds. The first kappa shape index (κ1) is 25.6. The van der Waals surface area contributed by atoms with E-state index in [-0.39, 0.29) is 34.4 Å². The van der Waals surface area contributed by atoms with E-state index in [1.807, 2.05) is 30.3 Å². The molecule has 3 saturated heterocycles. The Morgan fingerprint density at radius 1 is 1.19 bits per heavy atom. The minimum absolute atomic E-state index is 0.0221. The second kappa shape index (κ2) is 10.0. The predicted molar refractivity (Wildman–Crippen MR) is 144 cm³/mol. The fourth-order valence-electron chi connectivity index (χ4n) is 6.13. The molecule has 0 saturated carbocycles. The lowest BCUT2D eigenvalue weighted by molar-refractivity contribution is -0.141. The molecule has 3 heterocycles. The monoisotopic (exact) mass is 591 g/mol. The Kier molecular flexibility index (Phi) is 7.11. The summed E-state index contributed by atoms with van der Waals surface area (Å²) < 4.78 is -0.803. The van der Waals surface area contributed by atoms with Gasteiger partial charge in [0.2, 0.25) is 17.7 Å². The molecular formula is C26H27BrClN3O4S. The van der Waals surface area contributed by atoms with Gasteiger partial charge >= 0.3 is 0 Å². The fourth-order valence-corrected chi connectivity index (χ4v) is 9.91. The van der Waals surface area contributed by atoms with Crippen molar-refractivity contribution in [1.29, 1.82) is 0 Å². The lowest BCUT2D eigenvalue weighted by atomic mass is 9.70. The van der Waals surface area contributed by atoms with Crippen molar-refractivity contribution in [3.05, 3.63) is 65.2 Å². The smallest absolute Gasteiger partial charge is 0.248 e. The summed E-state index contributed by atoms with van der Waals surface area (Å²) in [5.74, 6) is -2.05. The van der Waals surface area contributed by atoms with Gasteiger partial charge in [0, 0.05) is 17.1 Å². The summed E-state index contributed by atoms with van der Waals surface area (Å²) in [7, 11) is 1.57. The van der Waals surface area contributed by atoms with Crippen molar-refractivity contribution in [3.8, 4) is 0 Å². The molecule has 3 aliphatic rings. The first-order valence-corrected chi connectivity index (χ1v) is 14.1. The van der Waals surface area contributed by atoms with Crippen LogP contribution < -0.4 is 10.6 Å². The molecular weight excluding hydrogens is 566 g/mol. The highest BCUT2D eigenvalue weighted by molar-refractivity contribution is 9.09. The molecule has 3 aliphatic heterocycles. The number of halogens is 2. The zero-order valence-corrected chi connectivity index (χ0v) is 22.7. The third kappa shape index (κ3) is 4.04. The maximum atomic E-state index is 14.1. The Labute approximate surface area is 227 Å². The fraction of sp³-hybridized carbons (Fsp3) is 0.423. The number of aliphatic hydroxyl groups is 1. The first-order chi connectivity index (χ1) is 17.3. The highest BCUT2D eigenvalue weighted by Gasteiger charge is 2.76. The number of para-hydroxylation sites is 1. The van der Waals surface area contributed by atoms with E-state index in [1.54, 1.807) is 48.0 Å². The van der Waals surface area contributed by atoms with Crippen LogP contribution in [0.2, 0.25) is 5.02 Å². The molecule has 190 valence electrons. The van der Waals surface area contributed by atoms with Gasteiger partial charge < -0.3 is 20.6 Å². The summed E-state index contributed by atoms with van der Waals surface area (Å²) in [6, 6.07) is 15.0. The van der Waals surface area contributed by atoms with Crippen LogP contribution in [0.5, 0.6) is 0 Å². The molecule has 0 aliphatic carbocycles. The molecule has 3 fully saturated rings. The summed E-state index contributed by atoms with van der Waals surface area (Å²) in [6.45, 7) is -0.310. The van der Waals surface area contributed by atoms with Crippen molar-refractivity contribution in [2.75, 3.05) is 19.0 Å². The number of benzene rings is 2. The van der Waals surface area contributed by atoms with Crippen LogP contribution in [-0.2, 0) is 20.8 Å². The second-order valence-corrected chi connectivity index (χ2v) is 12.6. The molecule has 2 aromatic rings. The van der Waals surface area contributed by atoms with Crippen LogP contribution in [0.4, 0.5) is 5.69 Å². The SMILES string of the molecule is CNC(=O)[C@H]1[C@H]2C(=O)N([C@@H](CO)Cc3ccccc3)C(C(=O)Nc3ccccc3Cl)C23CC(Br)[C@@H]1S3. The number of fused-ring (bicyclic) bond motifs is 1. The maximum Gasteiger partial charge on any atom is 0.248 e. The topological polar surface area (TPSA) is 98.7 Å². The number of rotatable bonds is 7. The van der Waals surface area contributed by atoms with E-state index >= 15 is 0 Å². The van der Waals surface area contributed by atoms with Gasteiger partial charge in [-0.1, -0.05) is 70.0 Å². The van der Waals surface area contributed by atoms with E-state index in [4.69, 9.17) is 11.6 Å². The van der Waals surface area contributed by atoms with Crippen molar-refractivity contribution in [2.45, 2.75) is 39.7 Å². The molecule has 0 radical (unpaired) electrons. The molecule has 0 aromatic heterocycles. The zero-order valence-electron chi connectivity index (χ0n) is 19.6. The number of alkyl halides is 1. The molecule has 3 unspecified atom stereocenters. The van der Waals surface area contributed by atoms with E-state index in [0.717, 1.165) is 5.56 Å². The number of aliphatic hydroxyl groups excluding tert-OH is 1. The van der Waals surface area contributed by atoms with Crippen LogP contribution in [0.3, 0.4) is 0 Å². The number of nitrogens with one attached hydrogen (secondary N) is 2. The van der Waals surface area contributed by atoms with E-state index in [2.05, 4.69) is 26.6 Å². The Balaban J connectivity index is 1.58. The van der Waals surface area contributed by atoms with Crippen molar-refractivity contribution in [3.63, 3.8) is 0 Å². The van der Waals surface area contributed by atoms with Crippen LogP contribution >= 0.6 is 39.3 Å². The van der Waals surface area contributed by atoms with Crippen molar-refractivity contribution in [1.82, 2.24) is 10.2 Å². The Morgan fingerprint density at radius 2 is 1.89 bits per heavy atom. The van der Waals surface area contributed by atoms with E-state index in [0.29, 0.717) is 23.6 Å². The average molecular weight is 593 g/mol. The number of hydrogen-bond donors (Lipinski definition) is 3. The second-order valence-electron chi connectivity index (χ2n) is 9.52. The number of hydrogen-bond acceptors (Lipinski definition) is 5. The van der Waals surface area contributed by atoms with Crippen LogP contribution in [0, 0.1) is 11.8 Å². The molecule has 36 heavy (non-hydrogen) atoms. The van der Waals surface area contributed by atoms with Gasteiger partial charge in [0.25, 0.3) is 0 Å². The number of likely N-dealkylation sites (tertiary alicyclic amines) is 1. The van der Waals surface area contributed by atoms with Crippen molar-refractivity contribution in [2.24, 2.45) is 11.8 Å². The van der Waals surface area contributed by atoms with Crippen molar-refractivity contribution >= 4 is 62.7 Å². The van der Waals surface area contributed by atoms with Gasteiger partial charge in [0.15, 0.2) is 0 Å². The Hall–Kier alpha value is -2.07. The third-order valence-corrected chi connectivity index (χ3v) is 11.1. The van der Waals surface area contributed by atoms with E-state index in [1.165, 1.54) is 0 Å². The summed E-state index contributed by atoms with van der Waals surface area (Å²) in [6.07, 6.45) is 0.949. The van der Waals surface area contributed by atoms with Crippen molar-refractivity contribution < 1.29 is 19.5 Å². The highest BCUT2D eigenvalue weighted by atomic mass is 79.9. The Morgan fingerprint density at radius 3 is 2.56 bits per heavy atom. The lowest BCUT2D eigenvalue weighted by Gasteiger charge is -2.37. The van der Waals surface area contributed by atoms with Gasteiger partial charge in [-0.25, -0.2) is 0 Å². The lowest BCUT2D eigenvalue weighted by Crippen LogP contribution is -2.55. The standard InChI is InChI=1S/C26H27BrClN3O4S/c1-29-23(33)19-20-25(35)31(15(13-32)11-14-7-3-2-4-8-14)22(26(20)12-16(27)21(19)36-26)24(34)30-18-10-6-5-9-17(18)28/h2-10,15-16,19-22,32H,11-13H2,1H3,(H,29,33)(H,30,34)/t15-,16?,19+,20+,21+,22?,26?/m1/s1. The molecule has 10 heteroatoms. The van der Waals surface area contributed by atoms with Gasteiger partial charge in [-0.05, 0) is 30.5 Å². The van der Waals surface area contributed by atoms with Gasteiger partial charge in [0.05, 0.1) is 39.9 Å². The van der Waals surface area contributed by atoms with Crippen LogP contribution in [0.25, 0.3) is 0 Å². The largest absolute Gasteiger partial charge is 0.394 e. The highest BCUT2D eigenvalue weighted by Crippen LogP contribution is 2.68.